The molecule has 0 unspecified atom stereocenters. The lowest BCUT2D eigenvalue weighted by molar-refractivity contribution is -0.147. The second-order valence-electron chi connectivity index (χ2n) is 4.18. The van der Waals surface area contributed by atoms with Crippen molar-refractivity contribution in [2.75, 3.05) is 19.7 Å². The molecule has 1 aliphatic heterocycles. The summed E-state index contributed by atoms with van der Waals surface area (Å²) in [5.41, 5.74) is 0.0317. The topological polar surface area (TPSA) is 29.5 Å². The van der Waals surface area contributed by atoms with Crippen molar-refractivity contribution in [1.29, 1.82) is 0 Å². The third kappa shape index (κ3) is 1.70. The summed E-state index contributed by atoms with van der Waals surface area (Å²) in [6, 6.07) is 0. The van der Waals surface area contributed by atoms with Gasteiger partial charge in [-0.15, -0.1) is 0 Å². The van der Waals surface area contributed by atoms with Gasteiger partial charge < -0.3 is 9.64 Å². The van der Waals surface area contributed by atoms with Gasteiger partial charge in [0.15, 0.2) is 0 Å². The van der Waals surface area contributed by atoms with Gasteiger partial charge in [-0.3, -0.25) is 4.79 Å². The number of amides is 1. The Labute approximate surface area is 79.0 Å². The Morgan fingerprint density at radius 1 is 1.38 bits per heavy atom. The highest BCUT2D eigenvalue weighted by molar-refractivity contribution is 5.73. The van der Waals surface area contributed by atoms with Crippen LogP contribution in [0.25, 0.3) is 0 Å². The molecule has 3 nitrogen and oxygen atoms in total. The Bertz CT molecular complexity index is 209. The van der Waals surface area contributed by atoms with Crippen LogP contribution < -0.4 is 0 Å². The highest BCUT2D eigenvalue weighted by Crippen LogP contribution is 2.35. The lowest BCUT2D eigenvalue weighted by Crippen LogP contribution is -2.51. The molecule has 0 aromatic carbocycles. The van der Waals surface area contributed by atoms with Crippen LogP contribution in [0.2, 0.25) is 0 Å². The Kier molecular flexibility index (Phi) is 2.28. The third-order valence-electron chi connectivity index (χ3n) is 3.21. The molecular weight excluding hydrogens is 166 g/mol. The summed E-state index contributed by atoms with van der Waals surface area (Å²) >= 11 is 0. The predicted molar refractivity (Wildman–Crippen MR) is 49.4 cm³/mol. The molecule has 0 radical (unpaired) electrons. The number of morpholine rings is 1. The number of rotatable bonds is 0. The summed E-state index contributed by atoms with van der Waals surface area (Å²) in [5.74, 6) is 0.189. The van der Waals surface area contributed by atoms with Crippen LogP contribution in [0.4, 0.5) is 0 Å². The zero-order valence-corrected chi connectivity index (χ0v) is 8.21. The molecule has 0 atom stereocenters. The smallest absolute Gasteiger partial charge is 0.219 e. The Morgan fingerprint density at radius 3 is 2.69 bits per heavy atom. The fourth-order valence-corrected chi connectivity index (χ4v) is 2.44. The first-order chi connectivity index (χ1) is 6.22. The van der Waals surface area contributed by atoms with E-state index in [-0.39, 0.29) is 11.5 Å². The first kappa shape index (κ1) is 9.00. The molecule has 2 rings (SSSR count). The zero-order chi connectivity index (χ0) is 9.31. The van der Waals surface area contributed by atoms with E-state index in [9.17, 15) is 4.79 Å². The Morgan fingerprint density at radius 2 is 2.08 bits per heavy atom. The van der Waals surface area contributed by atoms with E-state index in [1.54, 1.807) is 6.92 Å². The fourth-order valence-electron chi connectivity index (χ4n) is 2.44. The average molecular weight is 183 g/mol. The quantitative estimate of drug-likeness (QED) is 0.564. The second kappa shape index (κ2) is 3.29. The molecule has 1 aliphatic carbocycles. The van der Waals surface area contributed by atoms with Crippen molar-refractivity contribution in [3.63, 3.8) is 0 Å². The highest BCUT2D eigenvalue weighted by Gasteiger charge is 2.39. The van der Waals surface area contributed by atoms with Crippen molar-refractivity contribution in [2.45, 2.75) is 38.2 Å². The van der Waals surface area contributed by atoms with Crippen LogP contribution in [0.15, 0.2) is 0 Å². The summed E-state index contributed by atoms with van der Waals surface area (Å²) in [6.07, 6.45) is 4.78. The van der Waals surface area contributed by atoms with Gasteiger partial charge in [-0.25, -0.2) is 0 Å². The van der Waals surface area contributed by atoms with Gasteiger partial charge in [0.05, 0.1) is 12.2 Å². The summed E-state index contributed by atoms with van der Waals surface area (Å²) in [7, 11) is 0. The molecule has 2 fully saturated rings. The van der Waals surface area contributed by atoms with Gasteiger partial charge in [-0.2, -0.15) is 0 Å². The van der Waals surface area contributed by atoms with E-state index in [1.807, 2.05) is 4.90 Å². The van der Waals surface area contributed by atoms with Crippen LogP contribution in [-0.4, -0.2) is 36.1 Å². The molecule has 1 heterocycles. The van der Waals surface area contributed by atoms with E-state index in [0.717, 1.165) is 32.5 Å². The van der Waals surface area contributed by atoms with E-state index >= 15 is 0 Å². The van der Waals surface area contributed by atoms with E-state index in [2.05, 4.69) is 0 Å². The molecule has 3 heteroatoms. The maximum absolute atomic E-state index is 11.2. The highest BCUT2D eigenvalue weighted by atomic mass is 16.5. The minimum atomic E-state index is 0.0317. The van der Waals surface area contributed by atoms with E-state index in [1.165, 1.54) is 12.8 Å². The van der Waals surface area contributed by atoms with Gasteiger partial charge in [0.25, 0.3) is 0 Å². The first-order valence-electron chi connectivity index (χ1n) is 5.11. The molecule has 74 valence electrons. The van der Waals surface area contributed by atoms with Crippen molar-refractivity contribution in [2.24, 2.45) is 0 Å². The normalized spacial score (nSPS) is 26.7. The summed E-state index contributed by atoms with van der Waals surface area (Å²) in [6.45, 7) is 3.97. The number of hydrogen-bond donors (Lipinski definition) is 0. The van der Waals surface area contributed by atoms with Crippen molar-refractivity contribution < 1.29 is 9.53 Å². The monoisotopic (exact) mass is 183 g/mol. The van der Waals surface area contributed by atoms with Gasteiger partial charge in [-0.1, -0.05) is 12.8 Å². The number of carbonyl (C=O) groups is 1. The second-order valence-corrected chi connectivity index (χ2v) is 4.18. The van der Waals surface area contributed by atoms with Crippen LogP contribution in [-0.2, 0) is 9.53 Å². The third-order valence-corrected chi connectivity index (χ3v) is 3.21. The van der Waals surface area contributed by atoms with Gasteiger partial charge in [0, 0.05) is 20.0 Å². The summed E-state index contributed by atoms with van der Waals surface area (Å²) in [4.78, 5) is 13.1. The van der Waals surface area contributed by atoms with Crippen molar-refractivity contribution >= 4 is 5.91 Å². The maximum atomic E-state index is 11.2. The van der Waals surface area contributed by atoms with Crippen LogP contribution >= 0.6 is 0 Å². The standard InChI is InChI=1S/C10H17NO2/c1-9(12)11-6-7-13-10(8-11)4-2-3-5-10/h2-8H2,1H3. The predicted octanol–water partition coefficient (Wildman–Crippen LogP) is 1.18. The largest absolute Gasteiger partial charge is 0.371 e. The van der Waals surface area contributed by atoms with Gasteiger partial charge in [-0.05, 0) is 12.8 Å². The van der Waals surface area contributed by atoms with Crippen molar-refractivity contribution in [1.82, 2.24) is 4.90 Å². The van der Waals surface area contributed by atoms with Crippen LogP contribution in [0.1, 0.15) is 32.6 Å². The van der Waals surface area contributed by atoms with Gasteiger partial charge in [0.2, 0.25) is 5.91 Å². The molecule has 0 aromatic rings. The zero-order valence-electron chi connectivity index (χ0n) is 8.21. The molecule has 2 aliphatic rings. The number of hydrogen-bond acceptors (Lipinski definition) is 2. The molecule has 1 saturated carbocycles. The van der Waals surface area contributed by atoms with E-state index in [0.29, 0.717) is 0 Å². The average Bonchev–Trinajstić information content (AvgIpc) is 2.53. The molecule has 0 bridgehead atoms. The molecule has 0 N–H and O–H groups in total. The molecule has 1 saturated heterocycles. The SMILES string of the molecule is CC(=O)N1CCOC2(CCCC2)C1. The molecular formula is C10H17NO2. The molecule has 1 amide bonds. The summed E-state index contributed by atoms with van der Waals surface area (Å²) < 4.78 is 5.81. The summed E-state index contributed by atoms with van der Waals surface area (Å²) in [5, 5.41) is 0. The van der Waals surface area contributed by atoms with E-state index in [4.69, 9.17) is 4.74 Å². The van der Waals surface area contributed by atoms with Crippen molar-refractivity contribution in [3.05, 3.63) is 0 Å². The number of nitrogens with zero attached hydrogens (tertiary/aromatic N) is 1. The Hall–Kier alpha value is -0.570. The first-order valence-corrected chi connectivity index (χ1v) is 5.11. The number of carbonyl (C=O) groups excluding carboxylic acids is 1. The Balaban J connectivity index is 2.02. The van der Waals surface area contributed by atoms with Crippen LogP contribution in [0.5, 0.6) is 0 Å². The minimum absolute atomic E-state index is 0.0317. The maximum Gasteiger partial charge on any atom is 0.219 e. The van der Waals surface area contributed by atoms with Crippen LogP contribution in [0, 0.1) is 0 Å². The number of ether oxygens (including phenoxy) is 1. The van der Waals surface area contributed by atoms with Gasteiger partial charge in [0.1, 0.15) is 0 Å². The fraction of sp³-hybridized carbons (Fsp3) is 0.900. The lowest BCUT2D eigenvalue weighted by atomic mass is 10.00. The van der Waals surface area contributed by atoms with Gasteiger partial charge >= 0.3 is 0 Å². The van der Waals surface area contributed by atoms with E-state index < -0.39 is 0 Å². The van der Waals surface area contributed by atoms with Crippen LogP contribution in [0.3, 0.4) is 0 Å². The van der Waals surface area contributed by atoms with Crippen molar-refractivity contribution in [3.8, 4) is 0 Å². The molecule has 0 aromatic heterocycles. The minimum Gasteiger partial charge on any atom is -0.371 e. The molecule has 13 heavy (non-hydrogen) atoms. The molecule has 1 spiro atoms. The lowest BCUT2D eigenvalue weighted by Gasteiger charge is -2.40.